The summed E-state index contributed by atoms with van der Waals surface area (Å²) >= 11 is 0. The predicted molar refractivity (Wildman–Crippen MR) is 76.0 cm³/mol. The second-order valence-electron chi connectivity index (χ2n) is 4.69. The molecule has 0 radical (unpaired) electrons. The summed E-state index contributed by atoms with van der Waals surface area (Å²) in [6.45, 7) is 3.71. The fraction of sp³-hybridized carbons (Fsp3) is 0.143. The Morgan fingerprint density at radius 2 is 1.91 bits per heavy atom. The van der Waals surface area contributed by atoms with Gasteiger partial charge in [0.05, 0.1) is 17.5 Å². The summed E-state index contributed by atoms with van der Waals surface area (Å²) in [7, 11) is 0. The van der Waals surface area contributed by atoms with E-state index in [2.05, 4.69) is 20.4 Å². The molecular weight excluding hydrogens is 290 g/mol. The standard InChI is InChI=1S/C14H12F2N6/c1-9-6-10(2)22(20-9)14-19-17-8-21(14)18-7-11-12(15)4-3-5-13(11)16/h3-8H,1-2H3/b18-7-. The number of hydrogen-bond acceptors (Lipinski definition) is 4. The fourth-order valence-corrected chi connectivity index (χ4v) is 2.03. The van der Waals surface area contributed by atoms with E-state index in [1.165, 1.54) is 29.2 Å². The fourth-order valence-electron chi connectivity index (χ4n) is 2.03. The molecule has 0 bridgehead atoms. The van der Waals surface area contributed by atoms with E-state index in [4.69, 9.17) is 0 Å². The molecule has 0 aliphatic heterocycles. The van der Waals surface area contributed by atoms with E-state index >= 15 is 0 Å². The lowest BCUT2D eigenvalue weighted by molar-refractivity contribution is 0.579. The molecule has 0 atom stereocenters. The van der Waals surface area contributed by atoms with Crippen molar-refractivity contribution >= 4 is 6.21 Å². The molecule has 0 saturated carbocycles. The van der Waals surface area contributed by atoms with Crippen LogP contribution in [0.25, 0.3) is 5.95 Å². The summed E-state index contributed by atoms with van der Waals surface area (Å²) in [5, 5.41) is 16.0. The third-order valence-corrected chi connectivity index (χ3v) is 3.02. The van der Waals surface area contributed by atoms with Gasteiger partial charge in [0.15, 0.2) is 0 Å². The Morgan fingerprint density at radius 1 is 1.18 bits per heavy atom. The molecule has 0 aliphatic carbocycles. The van der Waals surface area contributed by atoms with Gasteiger partial charge in [-0.15, -0.1) is 10.2 Å². The Balaban J connectivity index is 2.00. The predicted octanol–water partition coefficient (Wildman–Crippen LogP) is 2.24. The molecule has 6 nitrogen and oxygen atoms in total. The Bertz CT molecular complexity index is 829. The van der Waals surface area contributed by atoms with Gasteiger partial charge in [-0.05, 0) is 32.0 Å². The van der Waals surface area contributed by atoms with Crippen LogP contribution in [0, 0.1) is 25.5 Å². The van der Waals surface area contributed by atoms with Gasteiger partial charge < -0.3 is 0 Å². The van der Waals surface area contributed by atoms with Crippen molar-refractivity contribution in [1.82, 2.24) is 24.7 Å². The number of aryl methyl sites for hydroxylation is 2. The largest absolute Gasteiger partial charge is 0.273 e. The average molecular weight is 302 g/mol. The third kappa shape index (κ3) is 2.50. The first kappa shape index (κ1) is 14.1. The number of aromatic nitrogens is 5. The monoisotopic (exact) mass is 302 g/mol. The van der Waals surface area contributed by atoms with Crippen molar-refractivity contribution in [3.05, 3.63) is 59.2 Å². The van der Waals surface area contributed by atoms with Crippen molar-refractivity contribution in [3.8, 4) is 5.95 Å². The van der Waals surface area contributed by atoms with Gasteiger partial charge in [0.2, 0.25) is 0 Å². The zero-order chi connectivity index (χ0) is 15.7. The highest BCUT2D eigenvalue weighted by molar-refractivity contribution is 5.80. The maximum absolute atomic E-state index is 13.6. The molecule has 22 heavy (non-hydrogen) atoms. The van der Waals surface area contributed by atoms with Gasteiger partial charge in [-0.2, -0.15) is 14.9 Å². The van der Waals surface area contributed by atoms with Crippen LogP contribution < -0.4 is 0 Å². The summed E-state index contributed by atoms with van der Waals surface area (Å²) in [6, 6.07) is 5.50. The minimum atomic E-state index is -0.690. The van der Waals surface area contributed by atoms with Gasteiger partial charge in [0, 0.05) is 5.69 Å². The van der Waals surface area contributed by atoms with Crippen molar-refractivity contribution in [1.29, 1.82) is 0 Å². The van der Waals surface area contributed by atoms with Gasteiger partial charge in [-0.1, -0.05) is 6.07 Å². The number of benzene rings is 1. The molecule has 0 spiro atoms. The molecule has 2 heterocycles. The first-order chi connectivity index (χ1) is 10.6. The molecule has 0 fully saturated rings. The highest BCUT2D eigenvalue weighted by Gasteiger charge is 2.11. The smallest absolute Gasteiger partial charge is 0.206 e. The van der Waals surface area contributed by atoms with Crippen LogP contribution in [-0.2, 0) is 0 Å². The van der Waals surface area contributed by atoms with Crippen LogP contribution in [0.2, 0.25) is 0 Å². The minimum absolute atomic E-state index is 0.226. The Kier molecular flexibility index (Phi) is 3.50. The van der Waals surface area contributed by atoms with Crippen LogP contribution in [0.5, 0.6) is 0 Å². The van der Waals surface area contributed by atoms with Gasteiger partial charge in [0.25, 0.3) is 5.95 Å². The van der Waals surface area contributed by atoms with E-state index < -0.39 is 11.6 Å². The minimum Gasteiger partial charge on any atom is -0.206 e. The van der Waals surface area contributed by atoms with Gasteiger partial charge in [-0.25, -0.2) is 13.5 Å². The number of hydrogen-bond donors (Lipinski definition) is 0. The molecule has 0 N–H and O–H groups in total. The molecule has 112 valence electrons. The van der Waals surface area contributed by atoms with Crippen molar-refractivity contribution in [2.45, 2.75) is 13.8 Å². The second kappa shape index (κ2) is 5.47. The highest BCUT2D eigenvalue weighted by Crippen LogP contribution is 2.11. The molecule has 3 aromatic rings. The van der Waals surface area contributed by atoms with Gasteiger partial charge in [0.1, 0.15) is 18.0 Å². The molecule has 3 rings (SSSR count). The average Bonchev–Trinajstić information content (AvgIpc) is 3.04. The Morgan fingerprint density at radius 3 is 2.55 bits per heavy atom. The van der Waals surface area contributed by atoms with Crippen molar-refractivity contribution < 1.29 is 8.78 Å². The number of nitrogens with zero attached hydrogens (tertiary/aromatic N) is 6. The van der Waals surface area contributed by atoms with E-state index in [1.807, 2.05) is 19.9 Å². The normalized spacial score (nSPS) is 11.5. The van der Waals surface area contributed by atoms with Crippen LogP contribution >= 0.6 is 0 Å². The molecule has 8 heteroatoms. The first-order valence-corrected chi connectivity index (χ1v) is 6.48. The van der Waals surface area contributed by atoms with E-state index in [0.717, 1.165) is 17.6 Å². The number of halogens is 2. The Hall–Kier alpha value is -2.90. The summed E-state index contributed by atoms with van der Waals surface area (Å²) < 4.78 is 30.0. The van der Waals surface area contributed by atoms with Gasteiger partial charge in [-0.3, -0.25) is 0 Å². The molecule has 0 unspecified atom stereocenters. The lowest BCUT2D eigenvalue weighted by atomic mass is 10.2. The highest BCUT2D eigenvalue weighted by atomic mass is 19.1. The Labute approximate surface area is 124 Å². The molecule has 2 aromatic heterocycles. The lowest BCUT2D eigenvalue weighted by Gasteiger charge is -2.03. The molecule has 0 aliphatic rings. The van der Waals surface area contributed by atoms with Crippen LogP contribution in [0.4, 0.5) is 8.78 Å². The van der Waals surface area contributed by atoms with Crippen LogP contribution in [0.3, 0.4) is 0 Å². The zero-order valence-electron chi connectivity index (χ0n) is 11.9. The quantitative estimate of drug-likeness (QED) is 0.697. The third-order valence-electron chi connectivity index (χ3n) is 3.02. The summed E-state index contributed by atoms with van der Waals surface area (Å²) in [5.74, 6) is -1.05. The topological polar surface area (TPSA) is 60.9 Å². The van der Waals surface area contributed by atoms with Crippen molar-refractivity contribution in [2.75, 3.05) is 0 Å². The maximum atomic E-state index is 13.6. The first-order valence-electron chi connectivity index (χ1n) is 6.48. The van der Waals surface area contributed by atoms with E-state index in [1.54, 1.807) is 4.68 Å². The summed E-state index contributed by atoms with van der Waals surface area (Å²) in [4.78, 5) is 0. The van der Waals surface area contributed by atoms with Gasteiger partial charge >= 0.3 is 0 Å². The summed E-state index contributed by atoms with van der Waals surface area (Å²) in [6.07, 6.45) is 2.42. The summed E-state index contributed by atoms with van der Waals surface area (Å²) in [5.41, 5.74) is 1.44. The molecular formula is C14H12F2N6. The molecule has 1 aromatic carbocycles. The van der Waals surface area contributed by atoms with Crippen LogP contribution in [0.1, 0.15) is 17.0 Å². The lowest BCUT2D eigenvalue weighted by Crippen LogP contribution is -2.07. The number of rotatable bonds is 3. The van der Waals surface area contributed by atoms with E-state index in [0.29, 0.717) is 5.95 Å². The maximum Gasteiger partial charge on any atom is 0.273 e. The van der Waals surface area contributed by atoms with E-state index in [-0.39, 0.29) is 5.56 Å². The van der Waals surface area contributed by atoms with Crippen LogP contribution in [0.15, 0.2) is 35.7 Å². The molecule has 0 saturated heterocycles. The van der Waals surface area contributed by atoms with Crippen molar-refractivity contribution in [2.24, 2.45) is 5.10 Å². The van der Waals surface area contributed by atoms with E-state index in [9.17, 15) is 8.78 Å². The van der Waals surface area contributed by atoms with Crippen LogP contribution in [-0.4, -0.2) is 30.9 Å². The zero-order valence-corrected chi connectivity index (χ0v) is 11.9. The molecule has 0 amide bonds. The SMILES string of the molecule is Cc1cc(C)n(-c2nncn2/N=C\c2c(F)cccc2F)n1. The van der Waals surface area contributed by atoms with Crippen molar-refractivity contribution in [3.63, 3.8) is 0 Å². The second-order valence-corrected chi connectivity index (χ2v) is 4.69.